The number of nitrogens with zero attached hydrogens (tertiary/aromatic N) is 5. The van der Waals surface area contributed by atoms with Crippen molar-refractivity contribution in [1.82, 2.24) is 20.2 Å². The number of fused-ring (bicyclic) bond motifs is 1. The minimum Gasteiger partial charge on any atom is -0.488 e. The maximum absolute atomic E-state index is 11.5. The van der Waals surface area contributed by atoms with Crippen LogP contribution < -0.4 is 19.7 Å². The fraction of sp³-hybridized carbons (Fsp3) is 0.297. The number of aromatic nitrogens is 2. The van der Waals surface area contributed by atoms with E-state index in [9.17, 15) is 20.3 Å². The number of oxazole rings is 1. The number of aliphatic hydroxyl groups is 1. The van der Waals surface area contributed by atoms with Crippen molar-refractivity contribution in [3.63, 3.8) is 0 Å². The van der Waals surface area contributed by atoms with Crippen LogP contribution >= 0.6 is 11.6 Å². The van der Waals surface area contributed by atoms with E-state index < -0.39 is 18.6 Å². The molecule has 3 N–H and O–H groups in total. The lowest BCUT2D eigenvalue weighted by Gasteiger charge is -2.31. The van der Waals surface area contributed by atoms with E-state index in [4.69, 9.17) is 30.5 Å². The van der Waals surface area contributed by atoms with E-state index in [0.29, 0.717) is 39.2 Å². The van der Waals surface area contributed by atoms with Crippen LogP contribution in [0, 0.1) is 18.3 Å². The van der Waals surface area contributed by atoms with Crippen LogP contribution in [0.5, 0.6) is 11.5 Å². The zero-order valence-electron chi connectivity index (χ0n) is 27.7. The van der Waals surface area contributed by atoms with Gasteiger partial charge in [0.2, 0.25) is 0 Å². The van der Waals surface area contributed by atoms with Gasteiger partial charge in [0.05, 0.1) is 17.2 Å². The largest absolute Gasteiger partial charge is 0.488 e. The number of likely N-dealkylation sites (N-methyl/N-ethyl adjacent to an activating group) is 1. The Labute approximate surface area is 294 Å². The quantitative estimate of drug-likeness (QED) is 0.149. The topological polar surface area (TPSA) is 157 Å². The molecule has 6 rings (SSSR count). The molecule has 0 bridgehead atoms. The van der Waals surface area contributed by atoms with E-state index >= 15 is 0 Å². The van der Waals surface area contributed by atoms with Gasteiger partial charge in [0, 0.05) is 62.3 Å². The molecule has 13 heteroatoms. The molecule has 1 atom stereocenters. The van der Waals surface area contributed by atoms with Crippen LogP contribution in [0.4, 0.5) is 6.01 Å². The predicted molar refractivity (Wildman–Crippen MR) is 188 cm³/mol. The highest BCUT2D eigenvalue weighted by atomic mass is 35.5. The van der Waals surface area contributed by atoms with Crippen molar-refractivity contribution in [3.8, 4) is 28.7 Å². The van der Waals surface area contributed by atoms with Crippen LogP contribution in [0.1, 0.15) is 27.8 Å². The molecule has 0 aliphatic carbocycles. The number of carbonyl (C=O) groups is 1. The van der Waals surface area contributed by atoms with Crippen LogP contribution in [0.2, 0.25) is 5.02 Å². The standard InChI is InChI=1S/C37H37ClN6O6/c1-23-27(4-3-5-29(23)26-6-7-33-31(14-26)42-37(50-33)44-10-8-43(2)9-11-44)22-49-35-15-34(48-21-25-12-24(16-39)17-40-18-25)28(13-30(35)38)19-41-32(20-45)36(46)47/h3-7,12-15,17-18,32,41,45H,8-11,19-22H2,1-2H3,(H,46,47)/t32-/m0/s1. The van der Waals surface area contributed by atoms with Crippen molar-refractivity contribution < 1.29 is 28.9 Å². The number of carboxylic acids is 1. The molecule has 3 heterocycles. The van der Waals surface area contributed by atoms with Gasteiger partial charge in [-0.3, -0.25) is 15.1 Å². The van der Waals surface area contributed by atoms with Gasteiger partial charge in [-0.05, 0) is 60.5 Å². The van der Waals surface area contributed by atoms with Gasteiger partial charge in [-0.25, -0.2) is 0 Å². The Hall–Kier alpha value is -5.19. The minimum absolute atomic E-state index is 0.0528. The van der Waals surface area contributed by atoms with E-state index in [1.807, 2.05) is 37.3 Å². The first kappa shape index (κ1) is 34.7. The molecule has 2 aromatic heterocycles. The van der Waals surface area contributed by atoms with Gasteiger partial charge in [0.15, 0.2) is 5.58 Å². The number of rotatable bonds is 13. The number of benzene rings is 3. The molecule has 1 fully saturated rings. The highest BCUT2D eigenvalue weighted by Gasteiger charge is 2.21. The summed E-state index contributed by atoms with van der Waals surface area (Å²) in [6.45, 7) is 5.49. The Morgan fingerprint density at radius 2 is 1.86 bits per heavy atom. The molecule has 12 nitrogen and oxygen atoms in total. The van der Waals surface area contributed by atoms with E-state index in [-0.39, 0.29) is 19.8 Å². The summed E-state index contributed by atoms with van der Waals surface area (Å²) in [4.78, 5) is 24.8. The van der Waals surface area contributed by atoms with Crippen LogP contribution in [-0.4, -0.2) is 76.9 Å². The maximum atomic E-state index is 11.5. The maximum Gasteiger partial charge on any atom is 0.323 e. The number of carboxylic acid groups (broad SMARTS) is 1. The van der Waals surface area contributed by atoms with Crippen LogP contribution in [0.15, 0.2) is 71.4 Å². The van der Waals surface area contributed by atoms with Gasteiger partial charge < -0.3 is 33.9 Å². The lowest BCUT2D eigenvalue weighted by molar-refractivity contribution is -0.140. The number of halogens is 1. The molecule has 1 aliphatic heterocycles. The van der Waals surface area contributed by atoms with Crippen molar-refractivity contribution >= 4 is 34.7 Å². The number of pyridine rings is 1. The Morgan fingerprint density at radius 3 is 2.62 bits per heavy atom. The number of hydrogen-bond donors (Lipinski definition) is 3. The van der Waals surface area contributed by atoms with Crippen molar-refractivity contribution in [3.05, 3.63) is 99.8 Å². The highest BCUT2D eigenvalue weighted by molar-refractivity contribution is 6.32. The highest BCUT2D eigenvalue weighted by Crippen LogP contribution is 2.35. The normalized spacial score (nSPS) is 14.0. The molecular weight excluding hydrogens is 660 g/mol. The fourth-order valence-electron chi connectivity index (χ4n) is 5.73. The van der Waals surface area contributed by atoms with E-state index in [1.54, 1.807) is 24.4 Å². The van der Waals surface area contributed by atoms with Gasteiger partial charge in [-0.1, -0.05) is 35.9 Å². The number of aliphatic carboxylic acids is 1. The molecule has 0 amide bonds. The van der Waals surface area contributed by atoms with Crippen LogP contribution in [0.25, 0.3) is 22.2 Å². The number of ether oxygens (including phenoxy) is 2. The summed E-state index contributed by atoms with van der Waals surface area (Å²) in [5, 5.41) is 31.2. The number of nitriles is 1. The predicted octanol–water partition coefficient (Wildman–Crippen LogP) is 5.17. The average molecular weight is 697 g/mol. The zero-order chi connectivity index (χ0) is 35.2. The summed E-state index contributed by atoms with van der Waals surface area (Å²) in [5.74, 6) is -0.422. The Balaban J connectivity index is 1.21. The summed E-state index contributed by atoms with van der Waals surface area (Å²) >= 11 is 6.68. The number of piperazine rings is 1. The third-order valence-corrected chi connectivity index (χ3v) is 9.04. The third-order valence-electron chi connectivity index (χ3n) is 8.74. The summed E-state index contributed by atoms with van der Waals surface area (Å²) in [5.41, 5.74) is 7.22. The number of nitrogens with one attached hydrogen (secondary N) is 1. The third kappa shape index (κ3) is 7.98. The second-order valence-electron chi connectivity index (χ2n) is 12.2. The van der Waals surface area contributed by atoms with E-state index in [1.165, 1.54) is 6.20 Å². The fourth-order valence-corrected chi connectivity index (χ4v) is 5.98. The smallest absolute Gasteiger partial charge is 0.323 e. The van der Waals surface area contributed by atoms with Crippen molar-refractivity contribution in [1.29, 1.82) is 5.26 Å². The van der Waals surface area contributed by atoms with Crippen molar-refractivity contribution in [2.75, 3.05) is 44.7 Å². The van der Waals surface area contributed by atoms with E-state index in [2.05, 4.69) is 39.3 Å². The molecule has 0 radical (unpaired) electrons. The molecule has 0 spiro atoms. The molecule has 50 heavy (non-hydrogen) atoms. The van der Waals surface area contributed by atoms with Gasteiger partial charge >= 0.3 is 5.97 Å². The monoisotopic (exact) mass is 696 g/mol. The SMILES string of the molecule is Cc1c(COc2cc(OCc3cncc(C#N)c3)c(CN[C@@H](CO)C(=O)O)cc2Cl)cccc1-c1ccc2oc(N3CCN(C)CC3)nc2c1. The van der Waals surface area contributed by atoms with Gasteiger partial charge in [-0.15, -0.1) is 0 Å². The lowest BCUT2D eigenvalue weighted by atomic mass is 9.96. The lowest BCUT2D eigenvalue weighted by Crippen LogP contribution is -2.44. The second kappa shape index (κ2) is 15.6. The second-order valence-corrected chi connectivity index (χ2v) is 12.6. The first-order chi connectivity index (χ1) is 24.2. The Morgan fingerprint density at radius 1 is 1.06 bits per heavy atom. The number of anilines is 1. The Bertz CT molecular complexity index is 2040. The van der Waals surface area contributed by atoms with Crippen LogP contribution in [0.3, 0.4) is 0 Å². The van der Waals surface area contributed by atoms with Gasteiger partial charge in [0.1, 0.15) is 42.3 Å². The van der Waals surface area contributed by atoms with Crippen molar-refractivity contribution in [2.24, 2.45) is 0 Å². The molecule has 5 aromatic rings. The summed E-state index contributed by atoms with van der Waals surface area (Å²) in [6.07, 6.45) is 3.06. The number of hydrogen-bond acceptors (Lipinski definition) is 11. The first-order valence-corrected chi connectivity index (χ1v) is 16.5. The molecule has 1 saturated heterocycles. The van der Waals surface area contributed by atoms with Gasteiger partial charge in [0.25, 0.3) is 6.01 Å². The van der Waals surface area contributed by atoms with Gasteiger partial charge in [-0.2, -0.15) is 10.2 Å². The summed E-state index contributed by atoms with van der Waals surface area (Å²) in [6, 6.07) is 18.6. The van der Waals surface area contributed by atoms with Crippen LogP contribution in [-0.2, 0) is 24.6 Å². The molecule has 258 valence electrons. The first-order valence-electron chi connectivity index (χ1n) is 16.1. The molecule has 0 unspecified atom stereocenters. The summed E-state index contributed by atoms with van der Waals surface area (Å²) in [7, 11) is 2.12. The van der Waals surface area contributed by atoms with Crippen molar-refractivity contribution in [2.45, 2.75) is 32.7 Å². The molecular formula is C37H37ClN6O6. The minimum atomic E-state index is -1.19. The summed E-state index contributed by atoms with van der Waals surface area (Å²) < 4.78 is 18.5. The van der Waals surface area contributed by atoms with E-state index in [0.717, 1.165) is 59.5 Å². The number of aliphatic hydroxyl groups excluding tert-OH is 1. The molecule has 3 aromatic carbocycles. The molecule has 1 aliphatic rings. The zero-order valence-corrected chi connectivity index (χ0v) is 28.5. The molecule has 0 saturated carbocycles. The Kier molecular flexibility index (Phi) is 10.8. The average Bonchev–Trinajstić information content (AvgIpc) is 3.55.